The van der Waals surface area contributed by atoms with Crippen LogP contribution in [0.5, 0.6) is 0 Å². The molecule has 1 heterocycles. The number of imide groups is 1. The minimum absolute atomic E-state index is 0.108. The van der Waals surface area contributed by atoms with Crippen molar-refractivity contribution >= 4 is 11.8 Å². The van der Waals surface area contributed by atoms with Gasteiger partial charge in [0, 0.05) is 11.8 Å². The van der Waals surface area contributed by atoms with Gasteiger partial charge in [-0.1, -0.05) is 26.7 Å². The molecule has 90 valence electrons. The number of hydrogen-bond donors (Lipinski definition) is 1. The third-order valence-electron chi connectivity index (χ3n) is 4.03. The lowest BCUT2D eigenvalue weighted by Crippen LogP contribution is -2.48. The largest absolute Gasteiger partial charge is 0.391 e. The average molecular weight is 225 g/mol. The number of likely N-dealkylation sites (tertiary alicyclic amines) is 1. The lowest BCUT2D eigenvalue weighted by Gasteiger charge is -2.34. The summed E-state index contributed by atoms with van der Waals surface area (Å²) in [6.45, 7) is 3.58. The fourth-order valence-electron chi connectivity index (χ4n) is 2.69. The van der Waals surface area contributed by atoms with Crippen molar-refractivity contribution in [3.8, 4) is 0 Å². The van der Waals surface area contributed by atoms with Crippen LogP contribution in [0.1, 0.15) is 39.5 Å². The molecule has 0 aromatic heterocycles. The van der Waals surface area contributed by atoms with Gasteiger partial charge in [0.05, 0.1) is 12.1 Å². The van der Waals surface area contributed by atoms with Gasteiger partial charge >= 0.3 is 0 Å². The number of hydrogen-bond acceptors (Lipinski definition) is 3. The number of nitrogens with zero attached hydrogens (tertiary/aromatic N) is 1. The summed E-state index contributed by atoms with van der Waals surface area (Å²) in [4.78, 5) is 25.3. The summed E-state index contributed by atoms with van der Waals surface area (Å²) in [6.07, 6.45) is 2.89. The Labute approximate surface area is 95.6 Å². The zero-order valence-corrected chi connectivity index (χ0v) is 9.85. The second-order valence-corrected chi connectivity index (χ2v) is 5.04. The topological polar surface area (TPSA) is 57.6 Å². The molecule has 4 atom stereocenters. The van der Waals surface area contributed by atoms with Gasteiger partial charge in [0.2, 0.25) is 11.8 Å². The fraction of sp³-hybridized carbons (Fsp3) is 0.833. The van der Waals surface area contributed by atoms with Gasteiger partial charge in [0.1, 0.15) is 0 Å². The van der Waals surface area contributed by atoms with Gasteiger partial charge in [-0.05, 0) is 12.8 Å². The van der Waals surface area contributed by atoms with E-state index < -0.39 is 6.10 Å². The molecule has 4 unspecified atom stereocenters. The van der Waals surface area contributed by atoms with E-state index in [9.17, 15) is 14.7 Å². The second kappa shape index (κ2) is 4.17. The molecular weight excluding hydrogens is 206 g/mol. The average Bonchev–Trinajstić information content (AvgIpc) is 2.45. The van der Waals surface area contributed by atoms with Crippen LogP contribution in [0.15, 0.2) is 0 Å². The number of carbonyl (C=O) groups excluding carboxylic acids is 2. The first-order chi connectivity index (χ1) is 7.54. The van der Waals surface area contributed by atoms with Gasteiger partial charge in [0.25, 0.3) is 0 Å². The Hall–Kier alpha value is -0.900. The van der Waals surface area contributed by atoms with Crippen LogP contribution < -0.4 is 0 Å². The van der Waals surface area contributed by atoms with Crippen molar-refractivity contribution < 1.29 is 14.7 Å². The molecule has 0 bridgehead atoms. The zero-order chi connectivity index (χ0) is 11.9. The van der Waals surface area contributed by atoms with E-state index in [0.29, 0.717) is 6.42 Å². The number of rotatable bonds is 1. The summed E-state index contributed by atoms with van der Waals surface area (Å²) < 4.78 is 0. The number of aliphatic hydroxyl groups excluding tert-OH is 1. The normalized spacial score (nSPS) is 40.6. The molecule has 0 aromatic rings. The molecule has 1 N–H and O–H groups in total. The van der Waals surface area contributed by atoms with Gasteiger partial charge in [0.15, 0.2) is 0 Å². The van der Waals surface area contributed by atoms with Crippen molar-refractivity contribution in [1.82, 2.24) is 4.90 Å². The van der Waals surface area contributed by atoms with Crippen molar-refractivity contribution in [1.29, 1.82) is 0 Å². The molecule has 1 saturated heterocycles. The lowest BCUT2D eigenvalue weighted by atomic mass is 9.91. The van der Waals surface area contributed by atoms with E-state index in [-0.39, 0.29) is 29.7 Å². The van der Waals surface area contributed by atoms with Crippen LogP contribution in [0.3, 0.4) is 0 Å². The van der Waals surface area contributed by atoms with E-state index in [1.54, 1.807) is 13.8 Å². The first-order valence-corrected chi connectivity index (χ1v) is 6.09. The minimum atomic E-state index is -0.529. The Bertz CT molecular complexity index is 295. The van der Waals surface area contributed by atoms with Crippen LogP contribution >= 0.6 is 0 Å². The third kappa shape index (κ3) is 1.65. The first kappa shape index (κ1) is 11.6. The maximum atomic E-state index is 12.0. The molecule has 4 nitrogen and oxygen atoms in total. The Balaban J connectivity index is 2.20. The quantitative estimate of drug-likeness (QED) is 0.675. The van der Waals surface area contributed by atoms with Gasteiger partial charge in [-0.2, -0.15) is 0 Å². The zero-order valence-electron chi connectivity index (χ0n) is 9.85. The first-order valence-electron chi connectivity index (χ1n) is 6.09. The molecule has 0 radical (unpaired) electrons. The van der Waals surface area contributed by atoms with E-state index in [1.165, 1.54) is 4.90 Å². The predicted molar refractivity (Wildman–Crippen MR) is 58.4 cm³/mol. The number of amides is 2. The standard InChI is InChI=1S/C12H19NO3/c1-7-8(2)12(16)13(11(7)15)9-5-3-4-6-10(9)14/h7-10,14H,3-6H2,1-2H3. The molecule has 4 heteroatoms. The minimum Gasteiger partial charge on any atom is -0.391 e. The Morgan fingerprint density at radius 3 is 2.06 bits per heavy atom. The van der Waals surface area contributed by atoms with Crippen molar-refractivity contribution in [3.05, 3.63) is 0 Å². The van der Waals surface area contributed by atoms with Gasteiger partial charge in [-0.3, -0.25) is 14.5 Å². The highest BCUT2D eigenvalue weighted by Gasteiger charge is 2.47. The Morgan fingerprint density at radius 1 is 1.06 bits per heavy atom. The highest BCUT2D eigenvalue weighted by Crippen LogP contribution is 2.32. The molecule has 1 aliphatic carbocycles. The summed E-state index contributed by atoms with van der Waals surface area (Å²) in [6, 6.07) is -0.277. The van der Waals surface area contributed by atoms with E-state index in [1.807, 2.05) is 0 Å². The van der Waals surface area contributed by atoms with E-state index in [0.717, 1.165) is 19.3 Å². The van der Waals surface area contributed by atoms with Crippen LogP contribution in [-0.2, 0) is 9.59 Å². The van der Waals surface area contributed by atoms with Crippen molar-refractivity contribution in [2.24, 2.45) is 11.8 Å². The molecule has 2 rings (SSSR count). The molecule has 2 amide bonds. The molecule has 2 fully saturated rings. The Morgan fingerprint density at radius 2 is 1.56 bits per heavy atom. The third-order valence-corrected chi connectivity index (χ3v) is 4.03. The van der Waals surface area contributed by atoms with E-state index in [4.69, 9.17) is 0 Å². The van der Waals surface area contributed by atoms with Crippen LogP contribution in [-0.4, -0.2) is 34.0 Å². The van der Waals surface area contributed by atoms with Crippen molar-refractivity contribution in [2.45, 2.75) is 51.7 Å². The van der Waals surface area contributed by atoms with Crippen molar-refractivity contribution in [2.75, 3.05) is 0 Å². The highest BCUT2D eigenvalue weighted by molar-refractivity contribution is 6.05. The molecule has 1 aliphatic heterocycles. The molecule has 0 aromatic carbocycles. The number of aliphatic hydroxyl groups is 1. The molecule has 16 heavy (non-hydrogen) atoms. The van der Waals surface area contributed by atoms with E-state index in [2.05, 4.69) is 0 Å². The summed E-state index contributed by atoms with van der Waals surface area (Å²) in [5.41, 5.74) is 0. The molecule has 2 aliphatic rings. The predicted octanol–water partition coefficient (Wildman–Crippen LogP) is 0.931. The smallest absolute Gasteiger partial charge is 0.233 e. The van der Waals surface area contributed by atoms with Crippen LogP contribution in [0.4, 0.5) is 0 Å². The van der Waals surface area contributed by atoms with Crippen molar-refractivity contribution in [3.63, 3.8) is 0 Å². The van der Waals surface area contributed by atoms with Gasteiger partial charge in [-0.25, -0.2) is 0 Å². The van der Waals surface area contributed by atoms with Gasteiger partial charge in [-0.15, -0.1) is 0 Å². The summed E-state index contributed by atoms with van der Waals surface area (Å²) >= 11 is 0. The fourth-order valence-corrected chi connectivity index (χ4v) is 2.69. The summed E-state index contributed by atoms with van der Waals surface area (Å²) in [5.74, 6) is -0.685. The lowest BCUT2D eigenvalue weighted by molar-refractivity contribution is -0.146. The summed E-state index contributed by atoms with van der Waals surface area (Å²) in [7, 11) is 0. The molecule has 1 saturated carbocycles. The van der Waals surface area contributed by atoms with E-state index >= 15 is 0 Å². The summed E-state index contributed by atoms with van der Waals surface area (Å²) in [5, 5.41) is 9.89. The van der Waals surface area contributed by atoms with Gasteiger partial charge < -0.3 is 5.11 Å². The van der Waals surface area contributed by atoms with Crippen LogP contribution in [0.2, 0.25) is 0 Å². The van der Waals surface area contributed by atoms with Crippen LogP contribution in [0.25, 0.3) is 0 Å². The maximum absolute atomic E-state index is 12.0. The number of carbonyl (C=O) groups is 2. The maximum Gasteiger partial charge on any atom is 0.233 e. The highest BCUT2D eigenvalue weighted by atomic mass is 16.3. The monoisotopic (exact) mass is 225 g/mol. The van der Waals surface area contributed by atoms with Crippen LogP contribution in [0, 0.1) is 11.8 Å². The second-order valence-electron chi connectivity index (χ2n) is 5.04. The SMILES string of the molecule is CC1C(=O)N(C2CCCCC2O)C(=O)C1C. The Kier molecular flexibility index (Phi) is 3.02. The molecule has 0 spiro atoms. The molecular formula is C12H19NO3.